The van der Waals surface area contributed by atoms with Gasteiger partial charge in [-0.3, -0.25) is 4.79 Å². The molecule has 1 amide bonds. The Morgan fingerprint density at radius 2 is 2.08 bits per heavy atom. The third kappa shape index (κ3) is 3.52. The average molecular weight is 369 g/mol. The number of alkyl halides is 3. The number of methoxy groups -OCH3 is 1. The van der Waals surface area contributed by atoms with E-state index in [0.29, 0.717) is 24.4 Å². The number of nitrogens with zero attached hydrogens (tertiary/aromatic N) is 5. The number of fused-ring (bicyclic) bond motifs is 1. The molecule has 11 heteroatoms. The van der Waals surface area contributed by atoms with Crippen LogP contribution in [0, 0.1) is 0 Å². The molecule has 3 aromatic rings. The molecule has 0 bridgehead atoms. The van der Waals surface area contributed by atoms with Gasteiger partial charge in [-0.15, -0.1) is 0 Å². The summed E-state index contributed by atoms with van der Waals surface area (Å²) in [6.07, 6.45) is -1.76. The summed E-state index contributed by atoms with van der Waals surface area (Å²) in [6, 6.07) is 3.04. The van der Waals surface area contributed by atoms with Gasteiger partial charge in [0.2, 0.25) is 5.82 Å². The molecule has 8 nitrogen and oxygen atoms in total. The van der Waals surface area contributed by atoms with Crippen molar-refractivity contribution in [3.63, 3.8) is 0 Å². The lowest BCUT2D eigenvalue weighted by Crippen LogP contribution is -2.30. The molecule has 0 atom stereocenters. The van der Waals surface area contributed by atoms with E-state index < -0.39 is 12.1 Å². The van der Waals surface area contributed by atoms with Crippen LogP contribution >= 0.6 is 0 Å². The van der Waals surface area contributed by atoms with Gasteiger partial charge in [-0.05, 0) is 12.1 Å². The van der Waals surface area contributed by atoms with Gasteiger partial charge in [0.25, 0.3) is 5.91 Å². The van der Waals surface area contributed by atoms with Crippen molar-refractivity contribution < 1.29 is 27.2 Å². The van der Waals surface area contributed by atoms with E-state index in [1.165, 1.54) is 34.9 Å². The topological polar surface area (TPSA) is 85.8 Å². The SMILES string of the molecule is COCCN(C)C(=O)c1cn2cc(-c3noc(C(F)(F)F)n3)ccc2n1. The Morgan fingerprint density at radius 3 is 2.73 bits per heavy atom. The standard InChI is InChI=1S/C15H14F3N5O3/c1-22(5-6-25-2)13(24)10-8-23-7-9(3-4-11(23)19-10)12-20-14(26-21-12)15(16,17)18/h3-4,7-8H,5-6H2,1-2H3. The first-order chi connectivity index (χ1) is 12.3. The fourth-order valence-electron chi connectivity index (χ4n) is 2.21. The van der Waals surface area contributed by atoms with Crippen LogP contribution in [0.1, 0.15) is 16.4 Å². The van der Waals surface area contributed by atoms with Gasteiger partial charge >= 0.3 is 12.1 Å². The molecule has 26 heavy (non-hydrogen) atoms. The summed E-state index contributed by atoms with van der Waals surface area (Å²) in [5.74, 6) is -1.93. The summed E-state index contributed by atoms with van der Waals surface area (Å²) in [7, 11) is 3.15. The fourth-order valence-corrected chi connectivity index (χ4v) is 2.21. The van der Waals surface area contributed by atoms with Crippen molar-refractivity contribution in [2.24, 2.45) is 0 Å². The van der Waals surface area contributed by atoms with E-state index in [4.69, 9.17) is 4.74 Å². The van der Waals surface area contributed by atoms with Crippen LogP contribution in [0.25, 0.3) is 17.0 Å². The highest BCUT2D eigenvalue weighted by molar-refractivity contribution is 5.92. The highest BCUT2D eigenvalue weighted by atomic mass is 19.4. The summed E-state index contributed by atoms with van der Waals surface area (Å²) in [4.78, 5) is 21.3. The number of aromatic nitrogens is 4. The molecule has 0 unspecified atom stereocenters. The van der Waals surface area contributed by atoms with Gasteiger partial charge in [-0.25, -0.2) is 4.98 Å². The Bertz CT molecular complexity index is 934. The Morgan fingerprint density at radius 1 is 1.31 bits per heavy atom. The molecular formula is C15H14F3N5O3. The van der Waals surface area contributed by atoms with Gasteiger partial charge in [0, 0.05) is 38.7 Å². The van der Waals surface area contributed by atoms with Crippen LogP contribution in [0.5, 0.6) is 0 Å². The number of amides is 1. The van der Waals surface area contributed by atoms with Crippen molar-refractivity contribution in [3.05, 3.63) is 36.1 Å². The predicted octanol–water partition coefficient (Wildman–Crippen LogP) is 2.12. The molecule has 0 aromatic carbocycles. The zero-order valence-electron chi connectivity index (χ0n) is 13.8. The van der Waals surface area contributed by atoms with Gasteiger partial charge in [0.15, 0.2) is 0 Å². The molecule has 0 spiro atoms. The van der Waals surface area contributed by atoms with Crippen LogP contribution in [0.2, 0.25) is 0 Å². The first-order valence-corrected chi connectivity index (χ1v) is 7.44. The maximum atomic E-state index is 12.6. The molecule has 0 saturated heterocycles. The van der Waals surface area contributed by atoms with E-state index in [1.807, 2.05) is 0 Å². The van der Waals surface area contributed by atoms with Crippen molar-refractivity contribution in [2.75, 3.05) is 27.3 Å². The summed E-state index contributed by atoms with van der Waals surface area (Å²) in [6.45, 7) is 0.788. The number of carbonyl (C=O) groups excluding carboxylic acids is 1. The summed E-state index contributed by atoms with van der Waals surface area (Å²) < 4.78 is 48.4. The molecule has 0 aliphatic carbocycles. The molecule has 0 saturated carbocycles. The normalized spacial score (nSPS) is 11.9. The maximum absolute atomic E-state index is 12.6. The fraction of sp³-hybridized carbons (Fsp3) is 0.333. The van der Waals surface area contributed by atoms with Crippen molar-refractivity contribution >= 4 is 11.6 Å². The molecule has 3 aromatic heterocycles. The molecule has 3 rings (SSSR count). The quantitative estimate of drug-likeness (QED) is 0.685. The molecule has 0 aliphatic rings. The van der Waals surface area contributed by atoms with Crippen LogP contribution < -0.4 is 0 Å². The lowest BCUT2D eigenvalue weighted by Gasteiger charge is -2.14. The Balaban J connectivity index is 1.88. The van der Waals surface area contributed by atoms with Crippen molar-refractivity contribution in [2.45, 2.75) is 6.18 Å². The van der Waals surface area contributed by atoms with Crippen LogP contribution in [0.4, 0.5) is 13.2 Å². The van der Waals surface area contributed by atoms with E-state index in [1.54, 1.807) is 13.1 Å². The zero-order chi connectivity index (χ0) is 18.9. The van der Waals surface area contributed by atoms with Gasteiger partial charge in [-0.1, -0.05) is 5.16 Å². The number of hydrogen-bond acceptors (Lipinski definition) is 6. The number of rotatable bonds is 5. The minimum Gasteiger partial charge on any atom is -0.383 e. The average Bonchev–Trinajstić information content (AvgIpc) is 3.24. The Labute approximate surface area is 145 Å². The van der Waals surface area contributed by atoms with Crippen LogP contribution in [-0.2, 0) is 10.9 Å². The number of pyridine rings is 1. The minimum atomic E-state index is -4.71. The lowest BCUT2D eigenvalue weighted by molar-refractivity contribution is -0.159. The largest absolute Gasteiger partial charge is 0.471 e. The second kappa shape index (κ2) is 6.75. The van der Waals surface area contributed by atoms with Crippen LogP contribution in [-0.4, -0.2) is 57.6 Å². The predicted molar refractivity (Wildman–Crippen MR) is 82.3 cm³/mol. The van der Waals surface area contributed by atoms with E-state index >= 15 is 0 Å². The molecule has 0 fully saturated rings. The van der Waals surface area contributed by atoms with Crippen molar-refractivity contribution in [1.29, 1.82) is 0 Å². The monoisotopic (exact) mass is 369 g/mol. The molecule has 0 aliphatic heterocycles. The number of carbonyl (C=O) groups is 1. The number of hydrogen-bond donors (Lipinski definition) is 0. The molecule has 0 radical (unpaired) electrons. The maximum Gasteiger partial charge on any atom is 0.471 e. The first-order valence-electron chi connectivity index (χ1n) is 7.44. The summed E-state index contributed by atoms with van der Waals surface area (Å²) >= 11 is 0. The first kappa shape index (κ1) is 17.9. The summed E-state index contributed by atoms with van der Waals surface area (Å²) in [5, 5.41) is 3.33. The van der Waals surface area contributed by atoms with Gasteiger partial charge in [0.1, 0.15) is 11.3 Å². The molecule has 0 N–H and O–H groups in total. The Hall–Kier alpha value is -2.95. The number of halogens is 3. The van der Waals surface area contributed by atoms with E-state index in [0.717, 1.165) is 0 Å². The third-order valence-corrected chi connectivity index (χ3v) is 3.57. The number of likely N-dealkylation sites (N-methyl/N-ethyl adjacent to an activating group) is 1. The minimum absolute atomic E-state index is 0.199. The van der Waals surface area contributed by atoms with Gasteiger partial charge in [-0.2, -0.15) is 18.2 Å². The van der Waals surface area contributed by atoms with Gasteiger partial charge in [0.05, 0.1) is 6.61 Å². The lowest BCUT2D eigenvalue weighted by atomic mass is 10.3. The van der Waals surface area contributed by atoms with E-state index in [2.05, 4.69) is 19.6 Å². The molecule has 138 valence electrons. The second-order valence-corrected chi connectivity index (χ2v) is 5.45. The summed E-state index contributed by atoms with van der Waals surface area (Å²) in [5.41, 5.74) is 0.947. The molecule has 3 heterocycles. The smallest absolute Gasteiger partial charge is 0.383 e. The number of ether oxygens (including phenoxy) is 1. The van der Waals surface area contributed by atoms with Crippen LogP contribution in [0.15, 0.2) is 29.0 Å². The number of imidazole rings is 1. The zero-order valence-corrected chi connectivity index (χ0v) is 13.8. The molecular weight excluding hydrogens is 355 g/mol. The third-order valence-electron chi connectivity index (χ3n) is 3.57. The van der Waals surface area contributed by atoms with Crippen molar-refractivity contribution in [3.8, 4) is 11.4 Å². The Kier molecular flexibility index (Phi) is 4.64. The van der Waals surface area contributed by atoms with E-state index in [-0.39, 0.29) is 17.4 Å². The second-order valence-electron chi connectivity index (χ2n) is 5.45. The highest BCUT2D eigenvalue weighted by Crippen LogP contribution is 2.29. The van der Waals surface area contributed by atoms with Gasteiger partial charge < -0.3 is 18.6 Å². The highest BCUT2D eigenvalue weighted by Gasteiger charge is 2.38. The van der Waals surface area contributed by atoms with Crippen molar-refractivity contribution in [1.82, 2.24) is 24.4 Å². The van der Waals surface area contributed by atoms with Crippen LogP contribution in [0.3, 0.4) is 0 Å². The van der Waals surface area contributed by atoms with E-state index in [9.17, 15) is 18.0 Å².